The lowest BCUT2D eigenvalue weighted by Crippen LogP contribution is -2.39. The van der Waals surface area contributed by atoms with E-state index < -0.39 is 0 Å². The third-order valence-corrected chi connectivity index (χ3v) is 14.3. The first-order chi connectivity index (χ1) is 37.0. The van der Waals surface area contributed by atoms with Crippen LogP contribution in [0.1, 0.15) is 138 Å². The predicted octanol–water partition coefficient (Wildman–Crippen LogP) is 15.9. The highest BCUT2D eigenvalue weighted by atomic mass is 79.9. The molecular weight excluding hydrogens is 1130 g/mol. The molecule has 0 aliphatic carbocycles. The van der Waals surface area contributed by atoms with Gasteiger partial charge in [-0.3, -0.25) is 4.90 Å². The molecule has 2 amide bonds. The largest absolute Gasteiger partial charge is 0.490 e. The molecule has 1 aliphatic rings. The first-order valence-electron chi connectivity index (χ1n) is 28.1. The van der Waals surface area contributed by atoms with E-state index in [2.05, 4.69) is 147 Å². The van der Waals surface area contributed by atoms with Gasteiger partial charge in [0.15, 0.2) is 0 Å². The number of nitrogens with one attached hydrogen (secondary N) is 2. The Morgan fingerprint density at radius 1 is 0.627 bits per heavy atom. The number of carbonyl (C=O) groups excluding carboxylic acids is 1. The highest BCUT2D eigenvalue weighted by Crippen LogP contribution is 2.36. The van der Waals surface area contributed by atoms with Crippen LogP contribution in [-0.2, 0) is 35.3 Å². The molecule has 6 rings (SSSR count). The zero-order valence-corrected chi connectivity index (χ0v) is 50.2. The predicted molar refractivity (Wildman–Crippen MR) is 327 cm³/mol. The molecule has 3 N–H and O–H groups in total. The van der Waals surface area contributed by atoms with Crippen molar-refractivity contribution in [1.82, 2.24) is 15.3 Å². The standard InChI is InChI=1S/C30H41N5O3.C16H25BrO.C10H14O.C6H12Br2/c1-31-30(36)35(16-8-2-3-9-18-37-19-10-7-13-25-11-5-4-6-12-25)27-14-15-29-28(21-27)34(17-20-38-29)23-26-22-32-24-33-26;17-13-7-1-2-8-14-18-15-9-6-12-16-10-4-3-5-11-16;11-9-5-4-8-10-6-2-1-3-7-10;7-5-3-1-2-4-6-8/h4-6,11-12,14-15,21-22,24H,2-3,7-10,13,16-20,23H2,1H3,(H,31,36)(H,32,33);3-5,10-11H,1-2,6-9,12-15H2;1-3,6-7,11H,4-5,8-9H2;1-6H2. The maximum Gasteiger partial charge on any atom is 0.321 e. The molecule has 75 heavy (non-hydrogen) atoms. The second-order valence-corrected chi connectivity index (χ2v) is 21.2. The van der Waals surface area contributed by atoms with Crippen molar-refractivity contribution in [2.75, 3.05) is 85.6 Å². The Labute approximate surface area is 478 Å². The first kappa shape index (κ1) is 65.6. The van der Waals surface area contributed by atoms with Crippen LogP contribution in [0.25, 0.3) is 0 Å². The Bertz CT molecular complexity index is 2030. The van der Waals surface area contributed by atoms with Crippen molar-refractivity contribution in [3.05, 3.63) is 144 Å². The molecule has 0 saturated carbocycles. The van der Waals surface area contributed by atoms with E-state index in [9.17, 15) is 4.79 Å². The number of aliphatic hydroxyl groups is 1. The Balaban J connectivity index is 0.000000327. The summed E-state index contributed by atoms with van der Waals surface area (Å²) in [4.78, 5) is 24.1. The van der Waals surface area contributed by atoms with Crippen LogP contribution in [0, 0.1) is 0 Å². The molecule has 0 atom stereocenters. The molecule has 5 aromatic rings. The first-order valence-corrected chi connectivity index (χ1v) is 31.4. The second-order valence-electron chi connectivity index (χ2n) is 18.8. The van der Waals surface area contributed by atoms with Crippen LogP contribution in [-0.4, -0.2) is 96.9 Å². The van der Waals surface area contributed by atoms with Gasteiger partial charge in [0.2, 0.25) is 0 Å². The Hall–Kier alpha value is -3.72. The number of urea groups is 1. The minimum absolute atomic E-state index is 0.0966. The number of nitrogens with zero attached hydrogens (tertiary/aromatic N) is 3. The highest BCUT2D eigenvalue weighted by Gasteiger charge is 2.22. The van der Waals surface area contributed by atoms with E-state index in [4.69, 9.17) is 19.3 Å². The van der Waals surface area contributed by atoms with E-state index in [1.54, 1.807) is 13.4 Å². The van der Waals surface area contributed by atoms with Gasteiger partial charge in [0, 0.05) is 74.5 Å². The minimum Gasteiger partial charge on any atom is -0.490 e. The highest BCUT2D eigenvalue weighted by molar-refractivity contribution is 9.09. The van der Waals surface area contributed by atoms with Gasteiger partial charge >= 0.3 is 6.03 Å². The maximum atomic E-state index is 12.7. The number of aliphatic hydroxyl groups excluding tert-OH is 1. The van der Waals surface area contributed by atoms with Gasteiger partial charge in [0.25, 0.3) is 0 Å². The fourth-order valence-corrected chi connectivity index (χ4v) is 9.51. The van der Waals surface area contributed by atoms with Gasteiger partial charge in [0.05, 0.1) is 30.8 Å². The molecule has 416 valence electrons. The van der Waals surface area contributed by atoms with E-state index in [0.29, 0.717) is 19.8 Å². The molecule has 2 heterocycles. The topological polar surface area (TPSA) is 112 Å². The summed E-state index contributed by atoms with van der Waals surface area (Å²) in [7, 11) is 1.68. The van der Waals surface area contributed by atoms with E-state index in [-0.39, 0.29) is 6.03 Å². The number of aromatic amines is 1. The van der Waals surface area contributed by atoms with Gasteiger partial charge in [-0.15, -0.1) is 0 Å². The number of anilines is 2. The average Bonchev–Trinajstić information content (AvgIpc) is 3.97. The number of aryl methyl sites for hydroxylation is 3. The van der Waals surface area contributed by atoms with Crippen LogP contribution in [0.5, 0.6) is 5.75 Å². The Morgan fingerprint density at radius 3 is 1.55 bits per heavy atom. The molecule has 0 bridgehead atoms. The van der Waals surface area contributed by atoms with Crippen LogP contribution in [0.2, 0.25) is 0 Å². The molecule has 0 spiro atoms. The third-order valence-electron chi connectivity index (χ3n) is 12.6. The molecule has 10 nitrogen and oxygen atoms in total. The Morgan fingerprint density at radius 2 is 1.09 bits per heavy atom. The number of unbranched alkanes of at least 4 members (excludes halogenated alkanes) is 12. The summed E-state index contributed by atoms with van der Waals surface area (Å²) in [5.41, 5.74) is 7.12. The summed E-state index contributed by atoms with van der Waals surface area (Å²) in [6, 6.07) is 37.6. The lowest BCUT2D eigenvalue weighted by atomic mass is 10.1. The maximum absolute atomic E-state index is 12.7. The normalized spacial score (nSPS) is 11.5. The summed E-state index contributed by atoms with van der Waals surface area (Å²) in [6.45, 7) is 6.61. The minimum atomic E-state index is -0.0966. The molecule has 13 heteroatoms. The fourth-order valence-electron chi connectivity index (χ4n) is 8.32. The van der Waals surface area contributed by atoms with E-state index >= 15 is 0 Å². The quantitative estimate of drug-likeness (QED) is 0.0274. The summed E-state index contributed by atoms with van der Waals surface area (Å²) < 4.78 is 17.4. The average molecular weight is 1230 g/mol. The van der Waals surface area contributed by atoms with Crippen LogP contribution < -0.4 is 19.9 Å². The number of hydrogen-bond donors (Lipinski definition) is 3. The van der Waals surface area contributed by atoms with Crippen LogP contribution in [0.4, 0.5) is 16.2 Å². The number of rotatable bonds is 35. The van der Waals surface area contributed by atoms with Crippen molar-refractivity contribution in [3.63, 3.8) is 0 Å². The van der Waals surface area contributed by atoms with Gasteiger partial charge in [-0.2, -0.15) is 0 Å². The summed E-state index contributed by atoms with van der Waals surface area (Å²) >= 11 is 10.2. The van der Waals surface area contributed by atoms with Gasteiger partial charge in [-0.1, -0.05) is 177 Å². The SMILES string of the molecule is BrCCCCCCBr.BrCCCCCCOCCCCc1ccccc1.CNC(=O)N(CCCCCCOCCCCc1ccccc1)c1ccc2c(c1)N(Cc1cnc[nH]1)CCO2.OCCCCc1ccccc1. The van der Waals surface area contributed by atoms with Gasteiger partial charge in [-0.25, -0.2) is 9.78 Å². The number of H-pyrrole nitrogens is 1. The lowest BCUT2D eigenvalue weighted by Gasteiger charge is -2.32. The number of carbonyl (C=O) groups is 1. The van der Waals surface area contributed by atoms with Crippen molar-refractivity contribution < 1.29 is 24.1 Å². The number of alkyl halides is 3. The van der Waals surface area contributed by atoms with E-state index in [0.717, 1.165) is 143 Å². The number of fused-ring (bicyclic) bond motifs is 1. The van der Waals surface area contributed by atoms with Crippen LogP contribution >= 0.6 is 47.8 Å². The smallest absolute Gasteiger partial charge is 0.321 e. The molecule has 4 aromatic carbocycles. The van der Waals surface area contributed by atoms with E-state index in [1.165, 1.54) is 87.3 Å². The summed E-state index contributed by atoms with van der Waals surface area (Å²) in [6.07, 6.45) is 28.2. The molecular formula is C62H92Br3N5O5. The summed E-state index contributed by atoms with van der Waals surface area (Å²) in [5.74, 6) is 0.844. The molecule has 1 aromatic heterocycles. The monoisotopic (exact) mass is 1220 g/mol. The number of amides is 2. The van der Waals surface area contributed by atoms with Gasteiger partial charge in [0.1, 0.15) is 12.4 Å². The van der Waals surface area contributed by atoms with E-state index in [1.807, 2.05) is 41.4 Å². The molecule has 0 unspecified atom stereocenters. The second kappa shape index (κ2) is 46.4. The lowest BCUT2D eigenvalue weighted by molar-refractivity contribution is 0.126. The van der Waals surface area contributed by atoms with Crippen LogP contribution in [0.3, 0.4) is 0 Å². The van der Waals surface area contributed by atoms with Crippen molar-refractivity contribution >= 4 is 65.2 Å². The number of aromatic nitrogens is 2. The van der Waals surface area contributed by atoms with Crippen molar-refractivity contribution in [2.45, 2.75) is 141 Å². The van der Waals surface area contributed by atoms with Crippen molar-refractivity contribution in [3.8, 4) is 5.75 Å². The number of halogens is 3. The zero-order chi connectivity index (χ0) is 53.5. The zero-order valence-electron chi connectivity index (χ0n) is 45.4. The van der Waals surface area contributed by atoms with Gasteiger partial charge < -0.3 is 34.5 Å². The fraction of sp³-hybridized carbons (Fsp3) is 0.548. The number of imidazole rings is 1. The number of ether oxygens (including phenoxy) is 3. The van der Waals surface area contributed by atoms with Crippen molar-refractivity contribution in [1.29, 1.82) is 0 Å². The number of benzene rings is 4. The number of hydrogen-bond acceptors (Lipinski definition) is 7. The van der Waals surface area contributed by atoms with Gasteiger partial charge in [-0.05, 0) is 131 Å². The Kier molecular flexibility index (Phi) is 40.5. The molecule has 1 aliphatic heterocycles. The van der Waals surface area contributed by atoms with Crippen molar-refractivity contribution in [2.24, 2.45) is 0 Å². The molecule has 0 fully saturated rings. The third kappa shape index (κ3) is 32.6. The summed E-state index contributed by atoms with van der Waals surface area (Å²) in [5, 5.41) is 14.8. The molecule has 0 saturated heterocycles. The van der Waals surface area contributed by atoms with Crippen LogP contribution in [0.15, 0.2) is 122 Å². The molecule has 0 radical (unpaired) electrons.